The molecule has 0 saturated carbocycles. The Morgan fingerprint density at radius 1 is 1.23 bits per heavy atom. The zero-order chi connectivity index (χ0) is 16.4. The van der Waals surface area contributed by atoms with Crippen molar-refractivity contribution in [2.24, 2.45) is 0 Å². The van der Waals surface area contributed by atoms with Crippen LogP contribution < -0.4 is 5.32 Å². The second kappa shape index (κ2) is 10.8. The summed E-state index contributed by atoms with van der Waals surface area (Å²) in [6, 6.07) is 7.89. The molecule has 1 unspecified atom stereocenters. The van der Waals surface area contributed by atoms with Crippen molar-refractivity contribution in [1.29, 1.82) is 0 Å². The van der Waals surface area contributed by atoms with Gasteiger partial charge in [-0.05, 0) is 44.0 Å². The number of hydrogen-bond donors (Lipinski definition) is 1. The lowest BCUT2D eigenvalue weighted by atomic mass is 10.0. The molecule has 0 aliphatic carbocycles. The highest BCUT2D eigenvalue weighted by Crippen LogP contribution is 2.29. The molecule has 0 fully saturated rings. The number of thiazole rings is 1. The molecule has 2 rings (SSSR count). The molecule has 122 valence electrons. The summed E-state index contributed by atoms with van der Waals surface area (Å²) in [5.74, 6) is 0.519. The largest absolute Gasteiger partial charge is 0.317 e. The summed E-state index contributed by atoms with van der Waals surface area (Å²) >= 11 is 7.63. The Labute approximate surface area is 143 Å². The van der Waals surface area contributed by atoms with Crippen LogP contribution in [0.4, 0.5) is 0 Å². The molecule has 1 atom stereocenters. The van der Waals surface area contributed by atoms with Crippen molar-refractivity contribution < 1.29 is 0 Å². The number of nitrogens with zero attached hydrogens (tertiary/aromatic N) is 1. The smallest absolute Gasteiger partial charge is 0.123 e. The van der Waals surface area contributed by atoms with E-state index in [1.54, 1.807) is 11.3 Å². The van der Waals surface area contributed by atoms with Crippen LogP contribution in [0.2, 0.25) is 5.02 Å². The van der Waals surface area contributed by atoms with Gasteiger partial charge >= 0.3 is 0 Å². The summed E-state index contributed by atoms with van der Waals surface area (Å²) in [7, 11) is 0. The first-order valence-corrected chi connectivity index (χ1v) is 9.38. The predicted molar refractivity (Wildman–Crippen MR) is 100 cm³/mol. The van der Waals surface area contributed by atoms with Gasteiger partial charge in [0.25, 0.3) is 0 Å². The Morgan fingerprint density at radius 3 is 2.55 bits per heavy atom. The lowest BCUT2D eigenvalue weighted by Gasteiger charge is -2.08. The van der Waals surface area contributed by atoms with Crippen LogP contribution in [0, 0.1) is 0 Å². The van der Waals surface area contributed by atoms with Crippen LogP contribution in [0.5, 0.6) is 0 Å². The molecule has 0 bridgehead atoms. The third-order valence-corrected chi connectivity index (χ3v) is 4.52. The van der Waals surface area contributed by atoms with E-state index >= 15 is 0 Å². The van der Waals surface area contributed by atoms with Crippen molar-refractivity contribution in [2.45, 2.75) is 46.5 Å². The fourth-order valence-electron chi connectivity index (χ4n) is 2.10. The Bertz CT molecular complexity index is 522. The van der Waals surface area contributed by atoms with Gasteiger partial charge in [0.1, 0.15) is 5.01 Å². The Hall–Kier alpha value is -0.900. The first-order valence-electron chi connectivity index (χ1n) is 8.12. The molecule has 0 amide bonds. The highest BCUT2D eigenvalue weighted by atomic mass is 35.5. The number of hydrogen-bond acceptors (Lipinski definition) is 3. The molecule has 22 heavy (non-hydrogen) atoms. The van der Waals surface area contributed by atoms with Crippen LogP contribution in [0.1, 0.15) is 52.1 Å². The average Bonchev–Trinajstić information content (AvgIpc) is 3.04. The van der Waals surface area contributed by atoms with Gasteiger partial charge in [-0.15, -0.1) is 11.3 Å². The zero-order valence-corrected chi connectivity index (χ0v) is 15.6. The van der Waals surface area contributed by atoms with E-state index < -0.39 is 0 Å². The van der Waals surface area contributed by atoms with Gasteiger partial charge in [-0.2, -0.15) is 0 Å². The fraction of sp³-hybridized carbons (Fsp3) is 0.500. The summed E-state index contributed by atoms with van der Waals surface area (Å²) in [5, 5.41) is 7.39. The Balaban J connectivity index is 0.00000116. The first kappa shape index (κ1) is 19.1. The van der Waals surface area contributed by atoms with Crippen molar-refractivity contribution in [2.75, 3.05) is 13.1 Å². The van der Waals surface area contributed by atoms with Crippen LogP contribution in [0.3, 0.4) is 0 Å². The highest BCUT2D eigenvalue weighted by molar-refractivity contribution is 7.13. The second-order valence-corrected chi connectivity index (χ2v) is 6.28. The average molecular weight is 339 g/mol. The summed E-state index contributed by atoms with van der Waals surface area (Å²) in [4.78, 5) is 4.76. The molecule has 0 saturated heterocycles. The normalized spacial score (nSPS) is 11.7. The maximum absolute atomic E-state index is 5.91. The van der Waals surface area contributed by atoms with Gasteiger partial charge in [0, 0.05) is 16.0 Å². The lowest BCUT2D eigenvalue weighted by molar-refractivity contribution is 0.583. The van der Waals surface area contributed by atoms with Crippen molar-refractivity contribution in [3.05, 3.63) is 40.4 Å². The van der Waals surface area contributed by atoms with Gasteiger partial charge in [-0.1, -0.05) is 51.4 Å². The van der Waals surface area contributed by atoms with E-state index in [0.717, 1.165) is 28.7 Å². The molecule has 2 nitrogen and oxygen atoms in total. The van der Waals surface area contributed by atoms with Crippen LogP contribution >= 0.6 is 22.9 Å². The van der Waals surface area contributed by atoms with Gasteiger partial charge in [-0.25, -0.2) is 4.98 Å². The van der Waals surface area contributed by atoms with E-state index in [9.17, 15) is 0 Å². The summed E-state index contributed by atoms with van der Waals surface area (Å²) in [6.07, 6.45) is 2.37. The number of benzene rings is 1. The lowest BCUT2D eigenvalue weighted by Crippen LogP contribution is -2.14. The van der Waals surface area contributed by atoms with E-state index in [1.165, 1.54) is 18.5 Å². The van der Waals surface area contributed by atoms with Gasteiger partial charge in [-0.3, -0.25) is 0 Å². The first-order chi connectivity index (χ1) is 10.7. The number of aromatic nitrogens is 1. The van der Waals surface area contributed by atoms with Gasteiger partial charge in [0.15, 0.2) is 0 Å². The minimum Gasteiger partial charge on any atom is -0.317 e. The zero-order valence-electron chi connectivity index (χ0n) is 14.0. The molecule has 4 heteroatoms. The van der Waals surface area contributed by atoms with Gasteiger partial charge in [0.2, 0.25) is 0 Å². The minimum absolute atomic E-state index is 0.519. The third-order valence-electron chi connectivity index (χ3n) is 3.36. The molecule has 0 aliphatic heterocycles. The van der Waals surface area contributed by atoms with Crippen LogP contribution in [0.25, 0.3) is 10.6 Å². The highest BCUT2D eigenvalue weighted by Gasteiger charge is 2.11. The van der Waals surface area contributed by atoms with Crippen molar-refractivity contribution in [1.82, 2.24) is 10.3 Å². The maximum Gasteiger partial charge on any atom is 0.123 e. The molecule has 1 heterocycles. The van der Waals surface area contributed by atoms with E-state index in [-0.39, 0.29) is 0 Å². The minimum atomic E-state index is 0.519. The van der Waals surface area contributed by atoms with Gasteiger partial charge in [0.05, 0.1) is 5.69 Å². The number of nitrogens with one attached hydrogen (secondary N) is 1. The molecular weight excluding hydrogens is 312 g/mol. The van der Waals surface area contributed by atoms with Crippen molar-refractivity contribution >= 4 is 22.9 Å². The van der Waals surface area contributed by atoms with E-state index in [0.29, 0.717) is 5.92 Å². The Kier molecular flexibility index (Phi) is 9.37. The van der Waals surface area contributed by atoms with E-state index in [1.807, 2.05) is 38.1 Å². The molecule has 2 aromatic rings. The van der Waals surface area contributed by atoms with Crippen molar-refractivity contribution in [3.8, 4) is 10.6 Å². The topological polar surface area (TPSA) is 24.9 Å². The molecular formula is C18H27ClN2S. The molecule has 0 aliphatic rings. The van der Waals surface area contributed by atoms with Crippen LogP contribution in [-0.2, 0) is 0 Å². The molecule has 1 aromatic carbocycles. The quantitative estimate of drug-likeness (QED) is 0.628. The van der Waals surface area contributed by atoms with E-state index in [2.05, 4.69) is 24.5 Å². The summed E-state index contributed by atoms with van der Waals surface area (Å²) < 4.78 is 0. The third kappa shape index (κ3) is 6.07. The number of rotatable bonds is 7. The Morgan fingerprint density at radius 2 is 1.91 bits per heavy atom. The van der Waals surface area contributed by atoms with Gasteiger partial charge < -0.3 is 5.32 Å². The number of halogens is 1. The second-order valence-electron chi connectivity index (χ2n) is 4.98. The van der Waals surface area contributed by atoms with Crippen LogP contribution in [0.15, 0.2) is 29.6 Å². The predicted octanol–water partition coefficient (Wildman–Crippen LogP) is 5.98. The molecule has 0 spiro atoms. The monoisotopic (exact) mass is 338 g/mol. The standard InChI is InChI=1S/C16H21ClN2S.C2H6/c1-3-18-10-4-5-12(2)15-11-20-16(19-15)13-6-8-14(17)9-7-13;1-2/h6-9,11-12,18H,3-5,10H2,1-2H3;1-2H3. The fourth-order valence-corrected chi connectivity index (χ4v) is 3.17. The SMILES string of the molecule is CC.CCNCCCC(C)c1csc(-c2ccc(Cl)cc2)n1. The molecule has 1 aromatic heterocycles. The van der Waals surface area contributed by atoms with Crippen LogP contribution in [-0.4, -0.2) is 18.1 Å². The maximum atomic E-state index is 5.91. The van der Waals surface area contributed by atoms with Crippen molar-refractivity contribution in [3.63, 3.8) is 0 Å². The molecule has 1 N–H and O–H groups in total. The summed E-state index contributed by atoms with van der Waals surface area (Å²) in [6.45, 7) is 10.5. The molecule has 0 radical (unpaired) electrons. The van der Waals surface area contributed by atoms with E-state index in [4.69, 9.17) is 16.6 Å². The summed E-state index contributed by atoms with van der Waals surface area (Å²) in [5.41, 5.74) is 2.35.